The molecule has 1 heterocycles. The Hall–Kier alpha value is -0.140. The first-order valence-corrected chi connectivity index (χ1v) is 6.63. The van der Waals surface area contributed by atoms with Crippen LogP contribution in [0.3, 0.4) is 0 Å². The van der Waals surface area contributed by atoms with Gasteiger partial charge < -0.3 is 0 Å². The molecule has 0 unspecified atom stereocenters. The van der Waals surface area contributed by atoms with Gasteiger partial charge in [-0.1, -0.05) is 17.7 Å². The Morgan fingerprint density at radius 3 is 2.81 bits per heavy atom. The molecule has 0 saturated heterocycles. The van der Waals surface area contributed by atoms with Crippen molar-refractivity contribution in [3.63, 3.8) is 0 Å². The van der Waals surface area contributed by atoms with Crippen LogP contribution in [0, 0.1) is 9.52 Å². The molecular weight excluding hydrogens is 409 g/mol. The van der Waals surface area contributed by atoms with Gasteiger partial charge in [0.15, 0.2) is 0 Å². The molecule has 0 spiro atoms. The molecule has 2 nitrogen and oxygen atoms in total. The van der Waals surface area contributed by atoms with Crippen molar-refractivity contribution in [2.24, 2.45) is 0 Å². The normalized spacial score (nSPS) is 10.8. The van der Waals surface area contributed by atoms with E-state index >= 15 is 0 Å². The van der Waals surface area contributed by atoms with Crippen LogP contribution in [0.1, 0.15) is 5.56 Å². The number of nitrogens with zero attached hydrogens (tertiary/aromatic N) is 2. The molecule has 6 heteroatoms. The van der Waals surface area contributed by atoms with Crippen LogP contribution in [0.5, 0.6) is 0 Å². The summed E-state index contributed by atoms with van der Waals surface area (Å²) in [4.78, 5) is 0. The van der Waals surface area contributed by atoms with E-state index in [9.17, 15) is 4.39 Å². The van der Waals surface area contributed by atoms with Crippen LogP contribution < -0.4 is 0 Å². The van der Waals surface area contributed by atoms with Gasteiger partial charge in [-0.3, -0.25) is 4.68 Å². The summed E-state index contributed by atoms with van der Waals surface area (Å²) in [5.74, 6) is -0.311. The van der Waals surface area contributed by atoms with Crippen LogP contribution in [0.4, 0.5) is 4.39 Å². The molecule has 0 aliphatic carbocycles. The SMILES string of the molecule is Fc1cc(Cl)ccc1Cn1cc(Br)c(I)n1. The third-order valence-electron chi connectivity index (χ3n) is 2.02. The summed E-state index contributed by atoms with van der Waals surface area (Å²) in [6, 6.07) is 4.64. The topological polar surface area (TPSA) is 17.8 Å². The Morgan fingerprint density at radius 2 is 2.25 bits per heavy atom. The monoisotopic (exact) mass is 414 g/mol. The Labute approximate surface area is 119 Å². The highest BCUT2D eigenvalue weighted by Crippen LogP contribution is 2.19. The maximum atomic E-state index is 13.5. The molecular formula is C10H6BrClFIN2. The molecule has 0 aliphatic rings. The van der Waals surface area contributed by atoms with E-state index in [4.69, 9.17) is 11.6 Å². The van der Waals surface area contributed by atoms with E-state index in [0.29, 0.717) is 17.1 Å². The third kappa shape index (κ3) is 2.75. The molecule has 0 saturated carbocycles. The van der Waals surface area contributed by atoms with Crippen molar-refractivity contribution in [3.05, 3.63) is 49.0 Å². The fraction of sp³-hybridized carbons (Fsp3) is 0.100. The Morgan fingerprint density at radius 1 is 1.50 bits per heavy atom. The number of benzene rings is 1. The van der Waals surface area contributed by atoms with E-state index in [1.54, 1.807) is 16.8 Å². The van der Waals surface area contributed by atoms with Crippen LogP contribution in [0.25, 0.3) is 0 Å². The Balaban J connectivity index is 2.27. The zero-order chi connectivity index (χ0) is 11.7. The van der Waals surface area contributed by atoms with Gasteiger partial charge in [0.1, 0.15) is 9.52 Å². The quantitative estimate of drug-likeness (QED) is 0.676. The molecule has 1 aromatic carbocycles. The van der Waals surface area contributed by atoms with Crippen LogP contribution in [0.2, 0.25) is 5.02 Å². The number of aromatic nitrogens is 2. The largest absolute Gasteiger partial charge is 0.266 e. The lowest BCUT2D eigenvalue weighted by molar-refractivity contribution is 0.584. The molecule has 0 fully saturated rings. The average molecular weight is 415 g/mol. The van der Waals surface area contributed by atoms with Crippen LogP contribution >= 0.6 is 50.1 Å². The van der Waals surface area contributed by atoms with Crippen molar-refractivity contribution >= 4 is 50.1 Å². The lowest BCUT2D eigenvalue weighted by Crippen LogP contribution is -2.02. The molecule has 0 aliphatic heterocycles. The first-order valence-electron chi connectivity index (χ1n) is 4.38. The Kier molecular flexibility index (Phi) is 3.86. The van der Waals surface area contributed by atoms with Crippen molar-refractivity contribution in [2.75, 3.05) is 0 Å². The summed E-state index contributed by atoms with van der Waals surface area (Å²) in [6.07, 6.45) is 1.82. The van der Waals surface area contributed by atoms with E-state index in [1.165, 1.54) is 6.07 Å². The smallest absolute Gasteiger partial charge is 0.137 e. The van der Waals surface area contributed by atoms with E-state index in [1.807, 2.05) is 6.20 Å². The number of hydrogen-bond donors (Lipinski definition) is 0. The predicted octanol–water partition coefficient (Wildman–Crippen LogP) is 4.09. The van der Waals surface area contributed by atoms with E-state index in [2.05, 4.69) is 43.6 Å². The van der Waals surface area contributed by atoms with Gasteiger partial charge in [0, 0.05) is 16.8 Å². The van der Waals surface area contributed by atoms with Gasteiger partial charge in [-0.15, -0.1) is 0 Å². The predicted molar refractivity (Wildman–Crippen MR) is 73.2 cm³/mol. The molecule has 1 aromatic heterocycles. The third-order valence-corrected chi connectivity index (χ3v) is 4.38. The lowest BCUT2D eigenvalue weighted by Gasteiger charge is -2.03. The molecule has 2 rings (SSSR count). The van der Waals surface area contributed by atoms with Gasteiger partial charge in [0.05, 0.1) is 11.0 Å². The van der Waals surface area contributed by atoms with Crippen LogP contribution in [-0.2, 0) is 6.54 Å². The molecule has 84 valence electrons. The van der Waals surface area contributed by atoms with Crippen LogP contribution in [-0.4, -0.2) is 9.78 Å². The summed E-state index contributed by atoms with van der Waals surface area (Å²) < 4.78 is 16.9. The minimum absolute atomic E-state index is 0.311. The highest BCUT2D eigenvalue weighted by atomic mass is 127. The van der Waals surface area contributed by atoms with Crippen LogP contribution in [0.15, 0.2) is 28.9 Å². The van der Waals surface area contributed by atoms with Crippen molar-refractivity contribution in [1.82, 2.24) is 9.78 Å². The second-order valence-corrected chi connectivity index (χ2v) is 5.51. The fourth-order valence-corrected chi connectivity index (χ4v) is 2.17. The Bertz CT molecular complexity index is 510. The number of hydrogen-bond acceptors (Lipinski definition) is 1. The summed E-state index contributed by atoms with van der Waals surface area (Å²) in [7, 11) is 0. The van der Waals surface area contributed by atoms with E-state index in [-0.39, 0.29) is 5.82 Å². The summed E-state index contributed by atoms with van der Waals surface area (Å²) in [6.45, 7) is 0.393. The summed E-state index contributed by atoms with van der Waals surface area (Å²) in [5.41, 5.74) is 0.566. The minimum Gasteiger partial charge on any atom is -0.266 e. The lowest BCUT2D eigenvalue weighted by atomic mass is 10.2. The van der Waals surface area contributed by atoms with Gasteiger partial charge in [-0.05, 0) is 50.7 Å². The van der Waals surface area contributed by atoms with Gasteiger partial charge in [-0.25, -0.2) is 4.39 Å². The summed E-state index contributed by atoms with van der Waals surface area (Å²) in [5, 5.41) is 4.63. The molecule has 0 N–H and O–H groups in total. The van der Waals surface area contributed by atoms with Gasteiger partial charge in [-0.2, -0.15) is 5.10 Å². The first kappa shape index (κ1) is 12.3. The van der Waals surface area contributed by atoms with Crippen molar-refractivity contribution < 1.29 is 4.39 Å². The maximum Gasteiger partial charge on any atom is 0.137 e. The molecule has 0 radical (unpaired) electrons. The van der Waals surface area contributed by atoms with E-state index < -0.39 is 0 Å². The molecule has 0 amide bonds. The second kappa shape index (κ2) is 5.01. The average Bonchev–Trinajstić information content (AvgIpc) is 2.51. The molecule has 0 bridgehead atoms. The highest BCUT2D eigenvalue weighted by Gasteiger charge is 2.07. The second-order valence-electron chi connectivity index (χ2n) is 3.20. The summed E-state index contributed by atoms with van der Waals surface area (Å²) >= 11 is 11.1. The maximum absolute atomic E-state index is 13.5. The number of halogens is 4. The van der Waals surface area contributed by atoms with Crippen molar-refractivity contribution in [1.29, 1.82) is 0 Å². The molecule has 2 aromatic rings. The highest BCUT2D eigenvalue weighted by molar-refractivity contribution is 14.1. The van der Waals surface area contributed by atoms with Gasteiger partial charge in [0.25, 0.3) is 0 Å². The molecule has 16 heavy (non-hydrogen) atoms. The van der Waals surface area contributed by atoms with Crippen molar-refractivity contribution in [3.8, 4) is 0 Å². The zero-order valence-corrected chi connectivity index (χ0v) is 12.4. The fourth-order valence-electron chi connectivity index (χ4n) is 1.28. The minimum atomic E-state index is -0.311. The number of rotatable bonds is 2. The standard InChI is InChI=1S/C10H6BrClFIN2/c11-8-5-16(15-10(8)14)4-6-1-2-7(12)3-9(6)13/h1-3,5H,4H2. The van der Waals surface area contributed by atoms with Crippen molar-refractivity contribution in [2.45, 2.75) is 6.54 Å². The van der Waals surface area contributed by atoms with Gasteiger partial charge >= 0.3 is 0 Å². The first-order chi connectivity index (χ1) is 7.56. The van der Waals surface area contributed by atoms with Gasteiger partial charge in [0.2, 0.25) is 0 Å². The van der Waals surface area contributed by atoms with E-state index in [0.717, 1.165) is 8.17 Å². The zero-order valence-electron chi connectivity index (χ0n) is 7.92. The molecule has 0 atom stereocenters.